The highest BCUT2D eigenvalue weighted by molar-refractivity contribution is 9.10. The number of nitrogen functional groups attached to an aromatic ring is 1. The highest BCUT2D eigenvalue weighted by Crippen LogP contribution is 2.19. The molecule has 0 fully saturated rings. The predicted octanol–water partition coefficient (Wildman–Crippen LogP) is 3.83. The molecule has 0 spiro atoms. The first-order valence-corrected chi connectivity index (χ1v) is 7.19. The molecule has 1 atom stereocenters. The number of anilines is 1. The molecule has 104 valence electrons. The molecule has 0 aliphatic rings. The van der Waals surface area contributed by atoms with Crippen LogP contribution in [0.3, 0.4) is 0 Å². The minimum absolute atomic E-state index is 0.0671. The summed E-state index contributed by atoms with van der Waals surface area (Å²) < 4.78 is 0.996. The van der Waals surface area contributed by atoms with Crippen LogP contribution in [0.2, 0.25) is 0 Å². The SMILES string of the molecule is Cc1ccc(C(=O)N[C@@H](C)c2cccc(Br)c2)cc1N. The van der Waals surface area contributed by atoms with E-state index in [1.54, 1.807) is 12.1 Å². The van der Waals surface area contributed by atoms with E-state index in [-0.39, 0.29) is 11.9 Å². The van der Waals surface area contributed by atoms with Crippen molar-refractivity contribution in [3.05, 3.63) is 63.6 Å². The first-order chi connectivity index (χ1) is 9.47. The largest absolute Gasteiger partial charge is 0.398 e. The number of hydrogen-bond donors (Lipinski definition) is 2. The van der Waals surface area contributed by atoms with E-state index < -0.39 is 0 Å². The number of benzene rings is 2. The third-order valence-electron chi connectivity index (χ3n) is 3.24. The first-order valence-electron chi connectivity index (χ1n) is 6.40. The van der Waals surface area contributed by atoms with Gasteiger partial charge in [0.15, 0.2) is 0 Å². The summed E-state index contributed by atoms with van der Waals surface area (Å²) in [5, 5.41) is 2.97. The lowest BCUT2D eigenvalue weighted by atomic mass is 10.1. The summed E-state index contributed by atoms with van der Waals surface area (Å²) >= 11 is 3.43. The lowest BCUT2D eigenvalue weighted by Gasteiger charge is -2.15. The molecule has 0 saturated heterocycles. The Balaban J connectivity index is 2.13. The van der Waals surface area contributed by atoms with Crippen LogP contribution in [0.1, 0.15) is 34.5 Å². The summed E-state index contributed by atoms with van der Waals surface area (Å²) in [5.74, 6) is -0.121. The Labute approximate surface area is 127 Å². The van der Waals surface area contributed by atoms with Gasteiger partial charge in [-0.05, 0) is 49.2 Å². The van der Waals surface area contributed by atoms with Gasteiger partial charge in [0, 0.05) is 15.7 Å². The highest BCUT2D eigenvalue weighted by atomic mass is 79.9. The molecule has 0 saturated carbocycles. The van der Waals surface area contributed by atoms with Gasteiger partial charge < -0.3 is 11.1 Å². The molecule has 1 amide bonds. The summed E-state index contributed by atoms with van der Waals surface area (Å²) in [6, 6.07) is 13.2. The first kappa shape index (κ1) is 14.6. The third kappa shape index (κ3) is 3.39. The maximum Gasteiger partial charge on any atom is 0.251 e. The van der Waals surface area contributed by atoms with Crippen molar-refractivity contribution >= 4 is 27.5 Å². The van der Waals surface area contributed by atoms with Crippen molar-refractivity contribution in [2.24, 2.45) is 0 Å². The normalized spacial score (nSPS) is 11.9. The second-order valence-electron chi connectivity index (χ2n) is 4.82. The number of nitrogens with one attached hydrogen (secondary N) is 1. The summed E-state index contributed by atoms with van der Waals surface area (Å²) in [6.45, 7) is 3.87. The zero-order valence-corrected chi connectivity index (χ0v) is 13.1. The molecule has 0 aliphatic heterocycles. The second-order valence-corrected chi connectivity index (χ2v) is 5.74. The average Bonchev–Trinajstić information content (AvgIpc) is 2.41. The summed E-state index contributed by atoms with van der Waals surface area (Å²) in [6.07, 6.45) is 0. The van der Waals surface area contributed by atoms with Crippen molar-refractivity contribution in [2.75, 3.05) is 5.73 Å². The number of hydrogen-bond acceptors (Lipinski definition) is 2. The molecular weight excluding hydrogens is 316 g/mol. The third-order valence-corrected chi connectivity index (χ3v) is 3.73. The Morgan fingerprint density at radius 2 is 2.00 bits per heavy atom. The van der Waals surface area contributed by atoms with Crippen LogP contribution in [0.15, 0.2) is 46.9 Å². The summed E-state index contributed by atoms with van der Waals surface area (Å²) in [7, 11) is 0. The van der Waals surface area contributed by atoms with Gasteiger partial charge in [-0.2, -0.15) is 0 Å². The molecule has 2 aromatic rings. The monoisotopic (exact) mass is 332 g/mol. The van der Waals surface area contributed by atoms with Crippen LogP contribution in [0, 0.1) is 6.92 Å². The number of aryl methyl sites for hydroxylation is 1. The number of carbonyl (C=O) groups excluding carboxylic acids is 1. The van der Waals surface area contributed by atoms with E-state index in [1.807, 2.05) is 44.2 Å². The van der Waals surface area contributed by atoms with Gasteiger partial charge in [-0.15, -0.1) is 0 Å². The number of carbonyl (C=O) groups is 1. The standard InChI is InChI=1S/C16H17BrN2O/c1-10-6-7-13(9-15(10)18)16(20)19-11(2)12-4-3-5-14(17)8-12/h3-9,11H,18H2,1-2H3,(H,19,20)/t11-/m0/s1. The Hall–Kier alpha value is -1.81. The van der Waals surface area contributed by atoms with Gasteiger partial charge >= 0.3 is 0 Å². The summed E-state index contributed by atoms with van der Waals surface area (Å²) in [4.78, 5) is 12.2. The van der Waals surface area contributed by atoms with E-state index >= 15 is 0 Å². The van der Waals surface area contributed by atoms with Crippen molar-refractivity contribution < 1.29 is 4.79 Å². The molecule has 4 heteroatoms. The number of halogens is 1. The van der Waals surface area contributed by atoms with Gasteiger partial charge in [-0.3, -0.25) is 4.79 Å². The van der Waals surface area contributed by atoms with Crippen molar-refractivity contribution in [3.63, 3.8) is 0 Å². The van der Waals surface area contributed by atoms with E-state index in [0.29, 0.717) is 11.3 Å². The molecule has 20 heavy (non-hydrogen) atoms. The van der Waals surface area contributed by atoms with Crippen LogP contribution in [0.4, 0.5) is 5.69 Å². The fourth-order valence-electron chi connectivity index (χ4n) is 1.92. The van der Waals surface area contributed by atoms with Gasteiger partial charge in [0.2, 0.25) is 0 Å². The average molecular weight is 333 g/mol. The number of amides is 1. The van der Waals surface area contributed by atoms with E-state index in [9.17, 15) is 4.79 Å². The van der Waals surface area contributed by atoms with E-state index in [2.05, 4.69) is 21.2 Å². The van der Waals surface area contributed by atoms with E-state index in [0.717, 1.165) is 15.6 Å². The molecular formula is C16H17BrN2O. The highest BCUT2D eigenvalue weighted by Gasteiger charge is 2.12. The quantitative estimate of drug-likeness (QED) is 0.839. The maximum absolute atomic E-state index is 12.2. The Bertz CT molecular complexity index is 640. The number of rotatable bonds is 3. The Kier molecular flexibility index (Phi) is 4.45. The molecule has 3 nitrogen and oxygen atoms in total. The zero-order chi connectivity index (χ0) is 14.7. The molecule has 0 aliphatic carbocycles. The fourth-order valence-corrected chi connectivity index (χ4v) is 2.34. The molecule has 2 aromatic carbocycles. The maximum atomic E-state index is 12.2. The lowest BCUT2D eigenvalue weighted by molar-refractivity contribution is 0.0940. The van der Waals surface area contributed by atoms with Crippen molar-refractivity contribution in [1.29, 1.82) is 0 Å². The molecule has 0 bridgehead atoms. The van der Waals surface area contributed by atoms with Gasteiger partial charge in [-0.1, -0.05) is 34.1 Å². The molecule has 0 aromatic heterocycles. The predicted molar refractivity (Wildman–Crippen MR) is 85.6 cm³/mol. The Morgan fingerprint density at radius 3 is 2.65 bits per heavy atom. The number of nitrogens with two attached hydrogens (primary N) is 1. The molecule has 0 heterocycles. The van der Waals surface area contributed by atoms with Gasteiger partial charge in [-0.25, -0.2) is 0 Å². The van der Waals surface area contributed by atoms with E-state index in [4.69, 9.17) is 5.73 Å². The van der Waals surface area contributed by atoms with Gasteiger partial charge in [0.25, 0.3) is 5.91 Å². The second kappa shape index (κ2) is 6.09. The minimum Gasteiger partial charge on any atom is -0.398 e. The molecule has 0 radical (unpaired) electrons. The van der Waals surface area contributed by atoms with Crippen molar-refractivity contribution in [3.8, 4) is 0 Å². The van der Waals surface area contributed by atoms with Crippen molar-refractivity contribution in [1.82, 2.24) is 5.32 Å². The molecule has 3 N–H and O–H groups in total. The minimum atomic E-state index is -0.121. The van der Waals surface area contributed by atoms with Crippen LogP contribution in [0.25, 0.3) is 0 Å². The van der Waals surface area contributed by atoms with E-state index in [1.165, 1.54) is 0 Å². The molecule has 0 unspecified atom stereocenters. The van der Waals surface area contributed by atoms with Gasteiger partial charge in [0.1, 0.15) is 0 Å². The van der Waals surface area contributed by atoms with Crippen LogP contribution in [-0.2, 0) is 0 Å². The van der Waals surface area contributed by atoms with Crippen LogP contribution in [-0.4, -0.2) is 5.91 Å². The van der Waals surface area contributed by atoms with Crippen molar-refractivity contribution in [2.45, 2.75) is 19.9 Å². The fraction of sp³-hybridized carbons (Fsp3) is 0.188. The topological polar surface area (TPSA) is 55.1 Å². The van der Waals surface area contributed by atoms with Gasteiger partial charge in [0.05, 0.1) is 6.04 Å². The zero-order valence-electron chi connectivity index (χ0n) is 11.5. The Morgan fingerprint density at radius 1 is 1.25 bits per heavy atom. The lowest BCUT2D eigenvalue weighted by Crippen LogP contribution is -2.26. The molecule has 2 rings (SSSR count). The summed E-state index contributed by atoms with van der Waals surface area (Å²) in [5.41, 5.74) is 9.07. The van der Waals surface area contributed by atoms with Crippen LogP contribution in [0.5, 0.6) is 0 Å². The van der Waals surface area contributed by atoms with Crippen LogP contribution >= 0.6 is 15.9 Å². The van der Waals surface area contributed by atoms with Crippen LogP contribution < -0.4 is 11.1 Å². The smallest absolute Gasteiger partial charge is 0.251 e.